The Morgan fingerprint density at radius 2 is 1.79 bits per heavy atom. The minimum absolute atomic E-state index is 1.01. The fourth-order valence-corrected chi connectivity index (χ4v) is 1.81. The van der Waals surface area contributed by atoms with Crippen molar-refractivity contribution in [2.45, 2.75) is 40.0 Å². The fourth-order valence-electron chi connectivity index (χ4n) is 1.81. The Bertz CT molecular complexity index is 321. The molecule has 0 amide bonds. The van der Waals surface area contributed by atoms with Crippen LogP contribution < -0.4 is 0 Å². The van der Waals surface area contributed by atoms with Crippen molar-refractivity contribution in [1.82, 2.24) is 0 Å². The first-order chi connectivity index (χ1) is 6.67. The van der Waals surface area contributed by atoms with E-state index in [2.05, 4.69) is 45.5 Å². The molecule has 0 aliphatic rings. The fraction of sp³-hybridized carbons (Fsp3) is 0.429. The van der Waals surface area contributed by atoms with Gasteiger partial charge in [-0.2, -0.15) is 0 Å². The minimum Gasteiger partial charge on any atom is -0.0998 e. The number of aryl methyl sites for hydroxylation is 2. The summed E-state index contributed by atoms with van der Waals surface area (Å²) >= 11 is 0. The van der Waals surface area contributed by atoms with Gasteiger partial charge in [-0.3, -0.25) is 0 Å². The standard InChI is InChI=1S/C14H20/c1-5-13-8-7-12(9-11(3)4)10-14(13)6-2/h7-8,10H,3,5-6,9H2,1-2,4H3. The van der Waals surface area contributed by atoms with Crippen molar-refractivity contribution in [2.24, 2.45) is 0 Å². The van der Waals surface area contributed by atoms with E-state index >= 15 is 0 Å². The normalized spacial score (nSPS) is 10.2. The Morgan fingerprint density at radius 1 is 1.14 bits per heavy atom. The molecule has 0 aromatic heterocycles. The summed E-state index contributed by atoms with van der Waals surface area (Å²) in [6.45, 7) is 10.5. The molecule has 0 fully saturated rings. The molecule has 0 aliphatic carbocycles. The molecule has 0 heteroatoms. The van der Waals surface area contributed by atoms with Crippen molar-refractivity contribution in [3.05, 3.63) is 47.0 Å². The van der Waals surface area contributed by atoms with Crippen molar-refractivity contribution >= 4 is 0 Å². The summed E-state index contributed by atoms with van der Waals surface area (Å²) in [6.07, 6.45) is 3.28. The SMILES string of the molecule is C=C(C)Cc1ccc(CC)c(CC)c1. The molecule has 0 unspecified atom stereocenters. The van der Waals surface area contributed by atoms with E-state index in [1.54, 1.807) is 0 Å². The quantitative estimate of drug-likeness (QED) is 0.628. The van der Waals surface area contributed by atoms with Gasteiger partial charge in [0.25, 0.3) is 0 Å². The summed E-state index contributed by atoms with van der Waals surface area (Å²) < 4.78 is 0. The Balaban J connectivity index is 2.95. The third-order valence-corrected chi connectivity index (χ3v) is 2.54. The Kier molecular flexibility index (Phi) is 3.94. The highest BCUT2D eigenvalue weighted by molar-refractivity contribution is 5.33. The van der Waals surface area contributed by atoms with Crippen LogP contribution in [0.25, 0.3) is 0 Å². The molecule has 1 aromatic carbocycles. The average molecular weight is 188 g/mol. The second kappa shape index (κ2) is 4.99. The maximum atomic E-state index is 3.95. The van der Waals surface area contributed by atoms with Crippen LogP contribution in [-0.4, -0.2) is 0 Å². The van der Waals surface area contributed by atoms with Gasteiger partial charge in [-0.15, -0.1) is 0 Å². The Morgan fingerprint density at radius 3 is 2.29 bits per heavy atom. The molecule has 0 spiro atoms. The molecular weight excluding hydrogens is 168 g/mol. The van der Waals surface area contributed by atoms with Crippen molar-refractivity contribution in [1.29, 1.82) is 0 Å². The number of benzene rings is 1. The van der Waals surface area contributed by atoms with E-state index in [0.717, 1.165) is 19.3 Å². The van der Waals surface area contributed by atoms with Gasteiger partial charge in [0.15, 0.2) is 0 Å². The van der Waals surface area contributed by atoms with Crippen LogP contribution in [0.3, 0.4) is 0 Å². The molecule has 0 saturated heterocycles. The van der Waals surface area contributed by atoms with Crippen LogP contribution in [0.2, 0.25) is 0 Å². The first-order valence-corrected chi connectivity index (χ1v) is 5.42. The zero-order valence-electron chi connectivity index (χ0n) is 9.56. The highest BCUT2D eigenvalue weighted by Gasteiger charge is 2.00. The summed E-state index contributed by atoms with van der Waals surface area (Å²) in [4.78, 5) is 0. The second-order valence-corrected chi connectivity index (χ2v) is 3.94. The molecule has 0 bridgehead atoms. The maximum Gasteiger partial charge on any atom is -0.00725 e. The number of hydrogen-bond acceptors (Lipinski definition) is 0. The smallest absolute Gasteiger partial charge is 0.00725 e. The predicted molar refractivity (Wildman–Crippen MR) is 63.7 cm³/mol. The average Bonchev–Trinajstić information content (AvgIpc) is 2.16. The first-order valence-electron chi connectivity index (χ1n) is 5.42. The summed E-state index contributed by atoms with van der Waals surface area (Å²) in [7, 11) is 0. The van der Waals surface area contributed by atoms with E-state index < -0.39 is 0 Å². The van der Waals surface area contributed by atoms with Crippen LogP contribution in [0.4, 0.5) is 0 Å². The van der Waals surface area contributed by atoms with Gasteiger partial charge in [0.1, 0.15) is 0 Å². The molecule has 0 radical (unpaired) electrons. The lowest BCUT2D eigenvalue weighted by Crippen LogP contribution is -1.94. The predicted octanol–water partition coefficient (Wildman–Crippen LogP) is 3.93. The van der Waals surface area contributed by atoms with E-state index in [1.165, 1.54) is 22.3 Å². The minimum atomic E-state index is 1.01. The number of allylic oxidation sites excluding steroid dienone is 1. The third-order valence-electron chi connectivity index (χ3n) is 2.54. The zero-order chi connectivity index (χ0) is 10.6. The van der Waals surface area contributed by atoms with Crippen LogP contribution in [0.15, 0.2) is 30.4 Å². The molecule has 76 valence electrons. The summed E-state index contributed by atoms with van der Waals surface area (Å²) in [6, 6.07) is 6.82. The van der Waals surface area contributed by atoms with Crippen molar-refractivity contribution in [2.75, 3.05) is 0 Å². The van der Waals surface area contributed by atoms with Gasteiger partial charge in [0.2, 0.25) is 0 Å². The lowest BCUT2D eigenvalue weighted by molar-refractivity contribution is 1.02. The lowest BCUT2D eigenvalue weighted by Gasteiger charge is -2.08. The lowest BCUT2D eigenvalue weighted by atomic mass is 9.97. The highest BCUT2D eigenvalue weighted by Crippen LogP contribution is 2.15. The summed E-state index contributed by atoms with van der Waals surface area (Å²) in [5.74, 6) is 0. The molecule has 14 heavy (non-hydrogen) atoms. The monoisotopic (exact) mass is 188 g/mol. The van der Waals surface area contributed by atoms with Gasteiger partial charge >= 0.3 is 0 Å². The Labute approximate surface area is 87.7 Å². The maximum absolute atomic E-state index is 3.95. The van der Waals surface area contributed by atoms with Crippen molar-refractivity contribution < 1.29 is 0 Å². The molecule has 0 aliphatic heterocycles. The zero-order valence-corrected chi connectivity index (χ0v) is 9.56. The van der Waals surface area contributed by atoms with Gasteiger partial charge in [-0.05, 0) is 42.9 Å². The van der Waals surface area contributed by atoms with Crippen LogP contribution in [0.5, 0.6) is 0 Å². The summed E-state index contributed by atoms with van der Waals surface area (Å²) in [5.41, 5.74) is 5.60. The first kappa shape index (κ1) is 11.0. The molecule has 0 nitrogen and oxygen atoms in total. The van der Waals surface area contributed by atoms with E-state index in [4.69, 9.17) is 0 Å². The third kappa shape index (κ3) is 2.73. The second-order valence-electron chi connectivity index (χ2n) is 3.94. The molecule has 0 heterocycles. The van der Waals surface area contributed by atoms with E-state index in [9.17, 15) is 0 Å². The molecule has 0 saturated carbocycles. The Hall–Kier alpha value is -1.04. The van der Waals surface area contributed by atoms with Gasteiger partial charge in [0.05, 0.1) is 0 Å². The molecule has 0 N–H and O–H groups in total. The van der Waals surface area contributed by atoms with E-state index in [-0.39, 0.29) is 0 Å². The van der Waals surface area contributed by atoms with Gasteiger partial charge in [0, 0.05) is 0 Å². The van der Waals surface area contributed by atoms with Crippen LogP contribution >= 0.6 is 0 Å². The van der Waals surface area contributed by atoms with Crippen LogP contribution in [-0.2, 0) is 19.3 Å². The van der Waals surface area contributed by atoms with Crippen molar-refractivity contribution in [3.63, 3.8) is 0 Å². The number of rotatable bonds is 4. The van der Waals surface area contributed by atoms with Gasteiger partial charge in [-0.25, -0.2) is 0 Å². The topological polar surface area (TPSA) is 0 Å². The summed E-state index contributed by atoms with van der Waals surface area (Å²) in [5, 5.41) is 0. The van der Waals surface area contributed by atoms with E-state index in [0.29, 0.717) is 0 Å². The van der Waals surface area contributed by atoms with Gasteiger partial charge in [-0.1, -0.05) is 44.2 Å². The highest BCUT2D eigenvalue weighted by atomic mass is 14.1. The molecule has 1 aromatic rings. The molecule has 1 rings (SSSR count). The molecule has 0 atom stereocenters. The largest absolute Gasteiger partial charge is 0.0998 e. The van der Waals surface area contributed by atoms with Crippen LogP contribution in [0, 0.1) is 0 Å². The van der Waals surface area contributed by atoms with E-state index in [1.807, 2.05) is 0 Å². The van der Waals surface area contributed by atoms with Crippen molar-refractivity contribution in [3.8, 4) is 0 Å². The van der Waals surface area contributed by atoms with Crippen LogP contribution in [0.1, 0.15) is 37.5 Å². The number of hydrogen-bond donors (Lipinski definition) is 0. The van der Waals surface area contributed by atoms with Gasteiger partial charge < -0.3 is 0 Å². The molecular formula is C14H20.